The van der Waals surface area contributed by atoms with E-state index in [1.54, 1.807) is 42.5 Å². The van der Waals surface area contributed by atoms with Crippen LogP contribution in [-0.4, -0.2) is 53.0 Å². The van der Waals surface area contributed by atoms with E-state index in [-0.39, 0.29) is 16.4 Å². The number of amides is 1. The molecule has 0 aliphatic heterocycles. The molecule has 1 aromatic heterocycles. The fraction of sp³-hybridized carbons (Fsp3) is 0.214. The predicted molar refractivity (Wildman–Crippen MR) is 147 cm³/mol. The summed E-state index contributed by atoms with van der Waals surface area (Å²) in [4.78, 5) is 26.5. The number of hydrogen-bond acceptors (Lipinski definition) is 8. The van der Waals surface area contributed by atoms with Crippen LogP contribution < -0.4 is 25.0 Å². The van der Waals surface area contributed by atoms with Gasteiger partial charge >= 0.3 is 0 Å². The third kappa shape index (κ3) is 5.59. The Morgan fingerprint density at radius 3 is 2.26 bits per heavy atom. The van der Waals surface area contributed by atoms with E-state index in [4.69, 9.17) is 18.6 Å². The number of nitrogens with one attached hydrogen (secondary N) is 1. The lowest BCUT2D eigenvalue weighted by atomic mass is 10.1. The van der Waals surface area contributed by atoms with Crippen molar-refractivity contribution in [3.05, 3.63) is 77.0 Å². The molecule has 0 saturated heterocycles. The molecule has 39 heavy (non-hydrogen) atoms. The van der Waals surface area contributed by atoms with Crippen LogP contribution >= 0.6 is 0 Å². The number of para-hydroxylation sites is 1. The van der Waals surface area contributed by atoms with Crippen LogP contribution in [-0.2, 0) is 14.8 Å². The Labute approximate surface area is 225 Å². The first kappa shape index (κ1) is 27.7. The Morgan fingerprint density at radius 2 is 1.62 bits per heavy atom. The highest BCUT2D eigenvalue weighted by Gasteiger charge is 2.24. The SMILES string of the molecule is COc1ccc(-c2oc3ccccc3c(=O)c2OC(C)C(=O)Nc2ccc(S(=O)(=O)N(C)C)cc2)cc1OC. The standard InChI is InChI=1S/C28H28N2O8S/c1-17(28(32)29-19-11-13-20(14-12-19)39(33,34)30(2)3)37-27-25(31)21-8-6-7-9-22(21)38-26(27)18-10-15-23(35-4)24(16-18)36-5/h6-17H,1-5H3,(H,29,32). The van der Waals surface area contributed by atoms with Crippen molar-refractivity contribution in [3.8, 4) is 28.6 Å². The van der Waals surface area contributed by atoms with Crippen molar-refractivity contribution < 1.29 is 31.8 Å². The number of methoxy groups -OCH3 is 2. The molecule has 204 valence electrons. The van der Waals surface area contributed by atoms with Gasteiger partial charge in [-0.1, -0.05) is 12.1 Å². The van der Waals surface area contributed by atoms with Crippen molar-refractivity contribution in [2.24, 2.45) is 0 Å². The summed E-state index contributed by atoms with van der Waals surface area (Å²) in [5.41, 5.74) is 0.749. The molecule has 0 aliphatic rings. The molecule has 1 N–H and O–H groups in total. The molecule has 0 radical (unpaired) electrons. The maximum atomic E-state index is 13.5. The maximum Gasteiger partial charge on any atom is 0.265 e. The van der Waals surface area contributed by atoms with Crippen LogP contribution in [0.3, 0.4) is 0 Å². The molecule has 1 amide bonds. The fourth-order valence-corrected chi connectivity index (χ4v) is 4.70. The van der Waals surface area contributed by atoms with Crippen molar-refractivity contribution in [1.29, 1.82) is 0 Å². The quantitative estimate of drug-likeness (QED) is 0.329. The number of anilines is 1. The monoisotopic (exact) mass is 552 g/mol. The van der Waals surface area contributed by atoms with Crippen molar-refractivity contribution in [3.63, 3.8) is 0 Å². The van der Waals surface area contributed by atoms with Gasteiger partial charge in [-0.15, -0.1) is 0 Å². The van der Waals surface area contributed by atoms with Crippen LogP contribution in [0.4, 0.5) is 5.69 Å². The van der Waals surface area contributed by atoms with Gasteiger partial charge in [0.2, 0.25) is 21.2 Å². The first-order valence-electron chi connectivity index (χ1n) is 11.8. The van der Waals surface area contributed by atoms with Crippen molar-refractivity contribution in [1.82, 2.24) is 4.31 Å². The third-order valence-corrected chi connectivity index (χ3v) is 7.80. The molecule has 4 aromatic rings. The second kappa shape index (κ2) is 11.2. The molecule has 1 atom stereocenters. The molecule has 10 nitrogen and oxygen atoms in total. The van der Waals surface area contributed by atoms with E-state index in [0.29, 0.717) is 33.7 Å². The molecule has 0 aliphatic carbocycles. The van der Waals surface area contributed by atoms with Gasteiger partial charge in [-0.25, -0.2) is 12.7 Å². The molecule has 1 heterocycles. The maximum absolute atomic E-state index is 13.5. The number of fused-ring (bicyclic) bond motifs is 1. The highest BCUT2D eigenvalue weighted by atomic mass is 32.2. The molecule has 4 rings (SSSR count). The number of carbonyl (C=O) groups is 1. The van der Waals surface area contributed by atoms with E-state index in [1.807, 2.05) is 0 Å². The Kier molecular flexibility index (Phi) is 7.93. The van der Waals surface area contributed by atoms with Gasteiger partial charge in [0, 0.05) is 25.3 Å². The average Bonchev–Trinajstić information content (AvgIpc) is 2.94. The average molecular weight is 553 g/mol. The molecule has 11 heteroatoms. The van der Waals surface area contributed by atoms with Gasteiger partial charge in [-0.3, -0.25) is 9.59 Å². The zero-order valence-corrected chi connectivity index (χ0v) is 22.9. The summed E-state index contributed by atoms with van der Waals surface area (Å²) in [6, 6.07) is 17.5. The first-order chi connectivity index (χ1) is 18.6. The minimum Gasteiger partial charge on any atom is -0.493 e. The van der Waals surface area contributed by atoms with Crippen LogP contribution in [0.25, 0.3) is 22.3 Å². The van der Waals surface area contributed by atoms with Crippen molar-refractivity contribution in [2.45, 2.75) is 17.9 Å². The van der Waals surface area contributed by atoms with Crippen molar-refractivity contribution in [2.75, 3.05) is 33.6 Å². The molecule has 3 aromatic carbocycles. The number of rotatable bonds is 9. The molecule has 0 saturated carbocycles. The Hall–Kier alpha value is -4.35. The second-order valence-electron chi connectivity index (χ2n) is 8.72. The number of nitrogens with zero attached hydrogens (tertiary/aromatic N) is 1. The summed E-state index contributed by atoms with van der Waals surface area (Å²) in [5, 5.41) is 2.97. The lowest BCUT2D eigenvalue weighted by Crippen LogP contribution is -2.32. The number of hydrogen-bond donors (Lipinski definition) is 1. The van der Waals surface area contributed by atoms with Gasteiger partial charge in [0.1, 0.15) is 5.58 Å². The van der Waals surface area contributed by atoms with E-state index in [2.05, 4.69) is 5.32 Å². The van der Waals surface area contributed by atoms with Crippen LogP contribution in [0.2, 0.25) is 0 Å². The minimum absolute atomic E-state index is 0.0862. The minimum atomic E-state index is -3.61. The smallest absolute Gasteiger partial charge is 0.265 e. The zero-order valence-electron chi connectivity index (χ0n) is 22.0. The van der Waals surface area contributed by atoms with E-state index in [9.17, 15) is 18.0 Å². The van der Waals surface area contributed by atoms with E-state index < -0.39 is 27.5 Å². The summed E-state index contributed by atoms with van der Waals surface area (Å²) in [6.45, 7) is 1.49. The van der Waals surface area contributed by atoms with Crippen LogP contribution in [0.15, 0.2) is 80.8 Å². The summed E-state index contributed by atoms with van der Waals surface area (Å²) in [7, 11) is 2.26. The Morgan fingerprint density at radius 1 is 0.949 bits per heavy atom. The summed E-state index contributed by atoms with van der Waals surface area (Å²) >= 11 is 0. The van der Waals surface area contributed by atoms with Crippen molar-refractivity contribution >= 4 is 32.6 Å². The Bertz CT molecular complexity index is 1680. The predicted octanol–water partition coefficient (Wildman–Crippen LogP) is 4.13. The largest absolute Gasteiger partial charge is 0.493 e. The van der Waals surface area contributed by atoms with E-state index >= 15 is 0 Å². The molecular formula is C28H28N2O8S. The van der Waals surface area contributed by atoms with E-state index in [1.165, 1.54) is 59.5 Å². The number of ether oxygens (including phenoxy) is 3. The van der Waals surface area contributed by atoms with Crippen LogP contribution in [0.5, 0.6) is 17.2 Å². The third-order valence-electron chi connectivity index (χ3n) is 5.97. The van der Waals surface area contributed by atoms with Gasteiger partial charge in [-0.05, 0) is 61.5 Å². The first-order valence-corrected chi connectivity index (χ1v) is 13.3. The lowest BCUT2D eigenvalue weighted by molar-refractivity contribution is -0.122. The highest BCUT2D eigenvalue weighted by molar-refractivity contribution is 7.89. The van der Waals surface area contributed by atoms with Gasteiger partial charge in [-0.2, -0.15) is 0 Å². The topological polar surface area (TPSA) is 124 Å². The summed E-state index contributed by atoms with van der Waals surface area (Å²) in [5.74, 6) is 0.337. The number of carbonyl (C=O) groups excluding carboxylic acids is 1. The molecular weight excluding hydrogens is 524 g/mol. The fourth-order valence-electron chi connectivity index (χ4n) is 3.79. The summed E-state index contributed by atoms with van der Waals surface area (Å²) in [6.07, 6.45) is -1.11. The normalized spacial score (nSPS) is 12.3. The van der Waals surface area contributed by atoms with Gasteiger partial charge in [0.05, 0.1) is 24.5 Å². The zero-order chi connectivity index (χ0) is 28.3. The summed E-state index contributed by atoms with van der Waals surface area (Å²) < 4.78 is 48.4. The molecule has 0 bridgehead atoms. The second-order valence-corrected chi connectivity index (χ2v) is 10.9. The Balaban J connectivity index is 1.66. The lowest BCUT2D eigenvalue weighted by Gasteiger charge is -2.18. The molecule has 0 spiro atoms. The van der Waals surface area contributed by atoms with Gasteiger partial charge in [0.25, 0.3) is 5.91 Å². The molecule has 1 unspecified atom stereocenters. The van der Waals surface area contributed by atoms with Crippen LogP contribution in [0, 0.1) is 0 Å². The number of benzene rings is 3. The highest BCUT2D eigenvalue weighted by Crippen LogP contribution is 2.37. The molecule has 0 fully saturated rings. The van der Waals surface area contributed by atoms with Crippen LogP contribution in [0.1, 0.15) is 6.92 Å². The van der Waals surface area contributed by atoms with Gasteiger partial charge in [0.15, 0.2) is 23.4 Å². The number of sulfonamides is 1. The van der Waals surface area contributed by atoms with E-state index in [0.717, 1.165) is 4.31 Å². The van der Waals surface area contributed by atoms with Gasteiger partial charge < -0.3 is 23.9 Å².